The molecule has 14 unspecified atom stereocenters. The Balaban J connectivity index is 1.30. The van der Waals surface area contributed by atoms with Crippen molar-refractivity contribution in [3.63, 3.8) is 0 Å². The Morgan fingerprint density at radius 2 is 1.80 bits per heavy atom. The summed E-state index contributed by atoms with van der Waals surface area (Å²) in [6.45, 7) is 6.02. The third-order valence-corrected chi connectivity index (χ3v) is 10.9. The van der Waals surface area contributed by atoms with Crippen LogP contribution in [0.5, 0.6) is 0 Å². The Hall–Kier alpha value is -0.580. The van der Waals surface area contributed by atoms with E-state index in [9.17, 15) is 30.6 Å². The molecule has 35 heavy (non-hydrogen) atoms. The lowest BCUT2D eigenvalue weighted by atomic mass is 9.47. The van der Waals surface area contributed by atoms with Crippen LogP contribution in [0.15, 0.2) is 11.6 Å². The van der Waals surface area contributed by atoms with E-state index in [0.717, 1.165) is 44.9 Å². The summed E-state index contributed by atoms with van der Waals surface area (Å²) in [4.78, 5) is 0. The number of allylic oxidation sites excluding steroid dienone is 1. The molecule has 1 saturated heterocycles. The Bertz CT molecular complexity index is 815. The fraction of sp³-hybridized carbons (Fsp3) is 0.926. The summed E-state index contributed by atoms with van der Waals surface area (Å²) >= 11 is 0. The first-order valence-corrected chi connectivity index (χ1v) is 13.5. The third kappa shape index (κ3) is 4.04. The van der Waals surface area contributed by atoms with Crippen molar-refractivity contribution in [2.45, 2.75) is 115 Å². The van der Waals surface area contributed by atoms with Crippen LogP contribution in [0.1, 0.15) is 65.7 Å². The van der Waals surface area contributed by atoms with Crippen molar-refractivity contribution in [1.82, 2.24) is 0 Å². The first kappa shape index (κ1) is 26.0. The second kappa shape index (κ2) is 9.31. The van der Waals surface area contributed by atoms with E-state index in [1.807, 2.05) is 6.92 Å². The van der Waals surface area contributed by atoms with Crippen molar-refractivity contribution < 1.29 is 40.1 Å². The number of rotatable bonds is 4. The molecule has 200 valence electrons. The zero-order valence-electron chi connectivity index (χ0n) is 21.2. The lowest BCUT2D eigenvalue weighted by molar-refractivity contribution is -0.313. The van der Waals surface area contributed by atoms with Crippen LogP contribution in [0.25, 0.3) is 0 Å². The zero-order valence-corrected chi connectivity index (χ0v) is 21.2. The topological polar surface area (TPSA) is 140 Å². The quantitative estimate of drug-likeness (QED) is 0.318. The standard InChI is InChI=1S/C27H44O8/c1-13(29)21-19(30)11-18-16-5-4-14-10-15(6-8-26(14,2)17(16)7-9-27(18,21)3)34-25-24(33)23(32)22(31)20(12-28)35-25/h4,13,15-25,28-33H,5-12H2,1-3H3. The number of aliphatic hydroxyl groups is 6. The molecule has 0 aromatic carbocycles. The summed E-state index contributed by atoms with van der Waals surface area (Å²) in [5, 5.41) is 61.3. The number of aliphatic hydroxyl groups excluding tert-OH is 6. The molecule has 8 nitrogen and oxygen atoms in total. The minimum absolute atomic E-state index is 0.0279. The van der Waals surface area contributed by atoms with Crippen LogP contribution in [0.2, 0.25) is 0 Å². The Kier molecular flexibility index (Phi) is 6.93. The van der Waals surface area contributed by atoms with Crippen molar-refractivity contribution >= 4 is 0 Å². The average Bonchev–Trinajstić information content (AvgIpc) is 3.09. The highest BCUT2D eigenvalue weighted by Crippen LogP contribution is 2.66. The van der Waals surface area contributed by atoms with Crippen molar-refractivity contribution in [3.05, 3.63) is 11.6 Å². The summed E-state index contributed by atoms with van der Waals surface area (Å²) in [5.41, 5.74) is 1.42. The van der Waals surface area contributed by atoms with Gasteiger partial charge in [-0.25, -0.2) is 0 Å². The molecule has 1 aliphatic heterocycles. The van der Waals surface area contributed by atoms with E-state index in [0.29, 0.717) is 17.8 Å². The molecular weight excluding hydrogens is 452 g/mol. The highest BCUT2D eigenvalue weighted by Gasteiger charge is 2.62. The van der Waals surface area contributed by atoms with Gasteiger partial charge in [0.2, 0.25) is 0 Å². The van der Waals surface area contributed by atoms with E-state index >= 15 is 0 Å². The highest BCUT2D eigenvalue weighted by molar-refractivity contribution is 5.26. The van der Waals surface area contributed by atoms with E-state index in [-0.39, 0.29) is 22.9 Å². The number of hydrogen-bond acceptors (Lipinski definition) is 8. The fourth-order valence-corrected chi connectivity index (χ4v) is 9.04. The predicted octanol–water partition coefficient (Wildman–Crippen LogP) is 1.10. The minimum atomic E-state index is -1.43. The maximum atomic E-state index is 10.9. The van der Waals surface area contributed by atoms with E-state index in [2.05, 4.69) is 19.9 Å². The van der Waals surface area contributed by atoms with Gasteiger partial charge in [0.05, 0.1) is 24.9 Å². The molecule has 0 bridgehead atoms. The van der Waals surface area contributed by atoms with Crippen molar-refractivity contribution in [2.24, 2.45) is 34.5 Å². The third-order valence-electron chi connectivity index (χ3n) is 10.9. The Morgan fingerprint density at radius 3 is 2.49 bits per heavy atom. The predicted molar refractivity (Wildman–Crippen MR) is 127 cm³/mol. The summed E-state index contributed by atoms with van der Waals surface area (Å²) < 4.78 is 11.7. The van der Waals surface area contributed by atoms with Crippen molar-refractivity contribution in [1.29, 1.82) is 0 Å². The Morgan fingerprint density at radius 1 is 1.06 bits per heavy atom. The van der Waals surface area contributed by atoms with E-state index < -0.39 is 49.5 Å². The van der Waals surface area contributed by atoms with E-state index in [1.165, 1.54) is 5.57 Å². The molecule has 0 spiro atoms. The van der Waals surface area contributed by atoms with Gasteiger partial charge in [-0.1, -0.05) is 25.5 Å². The van der Waals surface area contributed by atoms with Gasteiger partial charge in [-0.05, 0) is 80.5 Å². The second-order valence-electron chi connectivity index (χ2n) is 12.6. The van der Waals surface area contributed by atoms with Crippen LogP contribution in [-0.2, 0) is 9.47 Å². The lowest BCUT2D eigenvalue weighted by Crippen LogP contribution is -2.60. The number of fused-ring (bicyclic) bond motifs is 5. The van der Waals surface area contributed by atoms with Crippen LogP contribution < -0.4 is 0 Å². The van der Waals surface area contributed by atoms with Gasteiger partial charge in [0.15, 0.2) is 6.29 Å². The van der Waals surface area contributed by atoms with Crippen molar-refractivity contribution in [2.75, 3.05) is 6.61 Å². The fourth-order valence-electron chi connectivity index (χ4n) is 9.04. The first-order chi connectivity index (χ1) is 16.5. The van der Waals surface area contributed by atoms with Gasteiger partial charge in [-0.15, -0.1) is 0 Å². The maximum absolute atomic E-state index is 10.9. The summed E-state index contributed by atoms with van der Waals surface area (Å²) in [5.74, 6) is 1.39. The lowest BCUT2D eigenvalue weighted by Gasteiger charge is -2.58. The molecule has 6 N–H and O–H groups in total. The molecule has 0 aromatic heterocycles. The average molecular weight is 497 g/mol. The molecule has 5 rings (SSSR count). The van der Waals surface area contributed by atoms with Gasteiger partial charge < -0.3 is 40.1 Å². The molecule has 8 heteroatoms. The van der Waals surface area contributed by atoms with Crippen LogP contribution >= 0.6 is 0 Å². The SMILES string of the molecule is CC(O)C1C(O)CC2C3CC=C4CC(OC5OC(CO)C(O)C(O)C5O)CCC4(C)C3CCC21C. The largest absolute Gasteiger partial charge is 0.394 e. The van der Waals surface area contributed by atoms with Crippen molar-refractivity contribution in [3.8, 4) is 0 Å². The smallest absolute Gasteiger partial charge is 0.186 e. The highest BCUT2D eigenvalue weighted by atomic mass is 16.7. The van der Waals surface area contributed by atoms with Gasteiger partial charge in [-0.2, -0.15) is 0 Å². The first-order valence-electron chi connectivity index (χ1n) is 13.5. The van der Waals surface area contributed by atoms with Gasteiger partial charge in [-0.3, -0.25) is 0 Å². The normalized spacial score (nSPS) is 54.9. The van der Waals surface area contributed by atoms with Crippen LogP contribution in [0, 0.1) is 34.5 Å². The molecule has 0 amide bonds. The Labute approximate surface area is 208 Å². The van der Waals surface area contributed by atoms with Gasteiger partial charge in [0.1, 0.15) is 24.4 Å². The van der Waals surface area contributed by atoms with E-state index in [4.69, 9.17) is 9.47 Å². The van der Waals surface area contributed by atoms with E-state index in [1.54, 1.807) is 0 Å². The maximum Gasteiger partial charge on any atom is 0.186 e. The number of hydrogen-bond donors (Lipinski definition) is 6. The molecular formula is C27H44O8. The summed E-state index contributed by atoms with van der Waals surface area (Å²) in [6, 6.07) is 0. The molecule has 4 fully saturated rings. The molecule has 5 aliphatic rings. The molecule has 0 radical (unpaired) electrons. The minimum Gasteiger partial charge on any atom is -0.394 e. The van der Waals surface area contributed by atoms with Crippen LogP contribution in [0.3, 0.4) is 0 Å². The van der Waals surface area contributed by atoms with Crippen LogP contribution in [-0.4, -0.2) is 86.3 Å². The van der Waals surface area contributed by atoms with Gasteiger partial charge in [0.25, 0.3) is 0 Å². The zero-order chi connectivity index (χ0) is 25.3. The second-order valence-corrected chi connectivity index (χ2v) is 12.6. The molecule has 4 aliphatic carbocycles. The summed E-state index contributed by atoms with van der Waals surface area (Å²) in [7, 11) is 0. The van der Waals surface area contributed by atoms with Crippen LogP contribution in [0.4, 0.5) is 0 Å². The molecule has 0 aromatic rings. The molecule has 14 atom stereocenters. The molecule has 3 saturated carbocycles. The van der Waals surface area contributed by atoms with Gasteiger partial charge >= 0.3 is 0 Å². The number of ether oxygens (including phenoxy) is 2. The molecule has 1 heterocycles. The monoisotopic (exact) mass is 496 g/mol. The van der Waals surface area contributed by atoms with Gasteiger partial charge in [0, 0.05) is 5.92 Å². The summed E-state index contributed by atoms with van der Waals surface area (Å²) in [6.07, 6.45) is 1.35.